The van der Waals surface area contributed by atoms with Crippen LogP contribution in [-0.2, 0) is 0 Å². The van der Waals surface area contributed by atoms with Gasteiger partial charge in [0.2, 0.25) is 0 Å². The Balaban J connectivity index is 2.37. The van der Waals surface area contributed by atoms with Crippen molar-refractivity contribution in [3.05, 3.63) is 51.2 Å². The molecule has 2 aromatic carbocycles. The van der Waals surface area contributed by atoms with Gasteiger partial charge in [-0.05, 0) is 30.3 Å². The fourth-order valence-corrected chi connectivity index (χ4v) is 2.00. The van der Waals surface area contributed by atoms with Gasteiger partial charge in [-0.3, -0.25) is 0 Å². The van der Waals surface area contributed by atoms with Gasteiger partial charge < -0.3 is 11.1 Å². The molecule has 0 fully saturated rings. The van der Waals surface area contributed by atoms with Gasteiger partial charge in [0, 0.05) is 0 Å². The van der Waals surface area contributed by atoms with Gasteiger partial charge in [0.25, 0.3) is 0 Å². The maximum absolute atomic E-state index is 12.9. The number of halogens is 4. The lowest BCUT2D eigenvalue weighted by atomic mass is 10.2. The van der Waals surface area contributed by atoms with Crippen molar-refractivity contribution in [1.29, 1.82) is 0 Å². The van der Waals surface area contributed by atoms with E-state index in [-0.39, 0.29) is 5.69 Å². The molecular formula is C12H8Cl3FN2. The van der Waals surface area contributed by atoms with E-state index in [0.29, 0.717) is 26.4 Å². The Labute approximate surface area is 118 Å². The van der Waals surface area contributed by atoms with E-state index in [0.717, 1.165) is 0 Å². The summed E-state index contributed by atoms with van der Waals surface area (Å²) < 4.78 is 12.9. The van der Waals surface area contributed by atoms with Gasteiger partial charge in [0.15, 0.2) is 0 Å². The SMILES string of the molecule is Nc1cc(F)ccc1Nc1cc(Cl)c(Cl)cc1Cl. The first-order valence-electron chi connectivity index (χ1n) is 4.94. The van der Waals surface area contributed by atoms with Crippen molar-refractivity contribution >= 4 is 51.9 Å². The predicted octanol–water partition coefficient (Wildman–Crippen LogP) is 5.11. The molecule has 2 nitrogen and oxygen atoms in total. The maximum Gasteiger partial charge on any atom is 0.125 e. The summed E-state index contributed by atoms with van der Waals surface area (Å²) in [6.45, 7) is 0. The molecule has 0 heterocycles. The Morgan fingerprint density at radius 1 is 0.889 bits per heavy atom. The molecule has 0 aliphatic carbocycles. The van der Waals surface area contributed by atoms with Crippen LogP contribution in [0.4, 0.5) is 21.5 Å². The minimum atomic E-state index is -0.404. The zero-order valence-corrected chi connectivity index (χ0v) is 11.2. The molecular weight excluding hydrogens is 298 g/mol. The average molecular weight is 306 g/mol. The van der Waals surface area contributed by atoms with E-state index in [9.17, 15) is 4.39 Å². The smallest absolute Gasteiger partial charge is 0.125 e. The zero-order valence-electron chi connectivity index (χ0n) is 8.98. The van der Waals surface area contributed by atoms with Gasteiger partial charge in [-0.15, -0.1) is 0 Å². The fourth-order valence-electron chi connectivity index (χ4n) is 1.41. The van der Waals surface area contributed by atoms with Crippen LogP contribution in [0.5, 0.6) is 0 Å². The molecule has 2 rings (SSSR count). The van der Waals surface area contributed by atoms with Crippen LogP contribution in [0.2, 0.25) is 15.1 Å². The second-order valence-electron chi connectivity index (χ2n) is 3.60. The van der Waals surface area contributed by atoms with Crippen molar-refractivity contribution in [2.75, 3.05) is 11.1 Å². The second kappa shape index (κ2) is 5.22. The molecule has 18 heavy (non-hydrogen) atoms. The number of benzene rings is 2. The van der Waals surface area contributed by atoms with Crippen LogP contribution < -0.4 is 11.1 Å². The fraction of sp³-hybridized carbons (Fsp3) is 0. The van der Waals surface area contributed by atoms with Crippen LogP contribution in [0.1, 0.15) is 0 Å². The van der Waals surface area contributed by atoms with Crippen LogP contribution in [0.25, 0.3) is 0 Å². The van der Waals surface area contributed by atoms with Gasteiger partial charge >= 0.3 is 0 Å². The molecule has 0 saturated heterocycles. The number of anilines is 3. The van der Waals surface area contributed by atoms with E-state index in [4.69, 9.17) is 40.5 Å². The molecule has 0 unspecified atom stereocenters. The lowest BCUT2D eigenvalue weighted by Gasteiger charge is -2.11. The van der Waals surface area contributed by atoms with E-state index < -0.39 is 5.82 Å². The Hall–Kier alpha value is -1.16. The van der Waals surface area contributed by atoms with Crippen LogP contribution in [0.3, 0.4) is 0 Å². The van der Waals surface area contributed by atoms with Crippen LogP contribution in [0, 0.1) is 5.82 Å². The third-order valence-corrected chi connectivity index (χ3v) is 3.33. The Kier molecular flexibility index (Phi) is 3.85. The highest BCUT2D eigenvalue weighted by atomic mass is 35.5. The van der Waals surface area contributed by atoms with E-state index >= 15 is 0 Å². The third kappa shape index (κ3) is 2.80. The van der Waals surface area contributed by atoms with Gasteiger partial charge in [0.1, 0.15) is 5.82 Å². The van der Waals surface area contributed by atoms with Crippen molar-refractivity contribution < 1.29 is 4.39 Å². The number of hydrogen-bond acceptors (Lipinski definition) is 2. The summed E-state index contributed by atoms with van der Waals surface area (Å²) in [5, 5.41) is 4.09. The summed E-state index contributed by atoms with van der Waals surface area (Å²) in [5.74, 6) is -0.404. The molecule has 0 aliphatic heterocycles. The number of nitrogens with two attached hydrogens (primary N) is 1. The van der Waals surface area contributed by atoms with Gasteiger partial charge in [0.05, 0.1) is 32.1 Å². The molecule has 0 aliphatic rings. The van der Waals surface area contributed by atoms with Crippen molar-refractivity contribution in [3.63, 3.8) is 0 Å². The number of nitrogens with one attached hydrogen (secondary N) is 1. The third-order valence-electron chi connectivity index (χ3n) is 2.29. The molecule has 2 aromatic rings. The monoisotopic (exact) mass is 304 g/mol. The summed E-state index contributed by atoms with van der Waals surface area (Å²) in [7, 11) is 0. The predicted molar refractivity (Wildman–Crippen MR) is 75.6 cm³/mol. The summed E-state index contributed by atoms with van der Waals surface area (Å²) in [4.78, 5) is 0. The van der Waals surface area contributed by atoms with E-state index in [2.05, 4.69) is 5.32 Å². The summed E-state index contributed by atoms with van der Waals surface area (Å²) >= 11 is 17.7. The summed E-state index contributed by atoms with van der Waals surface area (Å²) in [5.41, 5.74) is 7.04. The molecule has 3 N–H and O–H groups in total. The molecule has 0 atom stereocenters. The highest BCUT2D eigenvalue weighted by molar-refractivity contribution is 6.44. The molecule has 0 spiro atoms. The first kappa shape index (κ1) is 13.3. The molecule has 0 amide bonds. The minimum Gasteiger partial charge on any atom is -0.397 e. The Morgan fingerprint density at radius 2 is 1.56 bits per heavy atom. The van der Waals surface area contributed by atoms with E-state index in [1.165, 1.54) is 24.3 Å². The quantitative estimate of drug-likeness (QED) is 0.597. The number of rotatable bonds is 2. The molecule has 94 valence electrons. The van der Waals surface area contributed by atoms with E-state index in [1.807, 2.05) is 0 Å². The minimum absolute atomic E-state index is 0.275. The Bertz CT molecular complexity index is 602. The van der Waals surface area contributed by atoms with Crippen LogP contribution >= 0.6 is 34.8 Å². The highest BCUT2D eigenvalue weighted by Crippen LogP contribution is 2.35. The molecule has 0 radical (unpaired) electrons. The van der Waals surface area contributed by atoms with Crippen LogP contribution in [0.15, 0.2) is 30.3 Å². The molecule has 0 aromatic heterocycles. The standard InChI is InChI=1S/C12H8Cl3FN2/c13-7-4-9(15)12(5-8(7)14)18-11-2-1-6(16)3-10(11)17/h1-5,18H,17H2. The van der Waals surface area contributed by atoms with Crippen molar-refractivity contribution in [2.24, 2.45) is 0 Å². The largest absolute Gasteiger partial charge is 0.397 e. The zero-order chi connectivity index (χ0) is 13.3. The van der Waals surface area contributed by atoms with Gasteiger partial charge in [-0.1, -0.05) is 34.8 Å². The first-order chi connectivity index (χ1) is 8.47. The second-order valence-corrected chi connectivity index (χ2v) is 4.82. The van der Waals surface area contributed by atoms with Crippen molar-refractivity contribution in [1.82, 2.24) is 0 Å². The van der Waals surface area contributed by atoms with Crippen molar-refractivity contribution in [3.8, 4) is 0 Å². The maximum atomic E-state index is 12.9. The normalized spacial score (nSPS) is 10.4. The van der Waals surface area contributed by atoms with Crippen LogP contribution in [-0.4, -0.2) is 0 Å². The first-order valence-corrected chi connectivity index (χ1v) is 6.07. The van der Waals surface area contributed by atoms with Gasteiger partial charge in [-0.25, -0.2) is 4.39 Å². The lowest BCUT2D eigenvalue weighted by Crippen LogP contribution is -1.97. The molecule has 0 saturated carbocycles. The molecule has 6 heteroatoms. The molecule has 0 bridgehead atoms. The lowest BCUT2D eigenvalue weighted by molar-refractivity contribution is 0.628. The average Bonchev–Trinajstić information content (AvgIpc) is 2.29. The summed E-state index contributed by atoms with van der Waals surface area (Å²) in [6.07, 6.45) is 0. The highest BCUT2D eigenvalue weighted by Gasteiger charge is 2.08. The van der Waals surface area contributed by atoms with Gasteiger partial charge in [-0.2, -0.15) is 0 Å². The topological polar surface area (TPSA) is 38.0 Å². The number of hydrogen-bond donors (Lipinski definition) is 2. The van der Waals surface area contributed by atoms with Crippen molar-refractivity contribution in [2.45, 2.75) is 0 Å². The summed E-state index contributed by atoms with van der Waals surface area (Å²) in [6, 6.07) is 7.13. The van der Waals surface area contributed by atoms with E-state index in [1.54, 1.807) is 6.07 Å². The Morgan fingerprint density at radius 3 is 2.22 bits per heavy atom. The number of nitrogen functional groups attached to an aromatic ring is 1.